The first-order chi connectivity index (χ1) is 8.75. The maximum absolute atomic E-state index is 12.2. The third-order valence-electron chi connectivity index (χ3n) is 3.12. The fourth-order valence-corrected chi connectivity index (χ4v) is 2.96. The van der Waals surface area contributed by atoms with Gasteiger partial charge < -0.3 is 10.4 Å². The quantitative estimate of drug-likeness (QED) is 0.835. The summed E-state index contributed by atoms with van der Waals surface area (Å²) in [5.74, 6) is 0.179. The molecule has 2 unspecified atom stereocenters. The molecule has 0 aliphatic rings. The number of hydrogen-bond acceptors (Lipinski definition) is 4. The van der Waals surface area contributed by atoms with Crippen molar-refractivity contribution in [2.75, 3.05) is 20.6 Å². The molecule has 0 aliphatic carbocycles. The topological polar surface area (TPSA) is 52.6 Å². The molecule has 108 valence electrons. The monoisotopic (exact) mass is 284 g/mol. The van der Waals surface area contributed by atoms with E-state index in [9.17, 15) is 9.90 Å². The van der Waals surface area contributed by atoms with Gasteiger partial charge in [-0.25, -0.2) is 0 Å². The smallest absolute Gasteiger partial charge is 0.237 e. The Balaban J connectivity index is 2.63. The van der Waals surface area contributed by atoms with Crippen molar-refractivity contribution >= 4 is 17.2 Å². The summed E-state index contributed by atoms with van der Waals surface area (Å²) in [5, 5.41) is 15.1. The minimum Gasteiger partial charge on any atom is -0.383 e. The van der Waals surface area contributed by atoms with Crippen molar-refractivity contribution in [3.05, 3.63) is 22.4 Å². The molecule has 0 bridgehead atoms. The van der Waals surface area contributed by atoms with Crippen LogP contribution in [-0.2, 0) is 10.4 Å². The lowest BCUT2D eigenvalue weighted by Crippen LogP contribution is -2.49. The summed E-state index contributed by atoms with van der Waals surface area (Å²) in [4.78, 5) is 14.9. The van der Waals surface area contributed by atoms with Gasteiger partial charge in [0.25, 0.3) is 0 Å². The van der Waals surface area contributed by atoms with Crippen LogP contribution in [0.2, 0.25) is 0 Å². The van der Waals surface area contributed by atoms with Gasteiger partial charge >= 0.3 is 0 Å². The van der Waals surface area contributed by atoms with Crippen LogP contribution in [0.3, 0.4) is 0 Å². The minimum atomic E-state index is -1.02. The number of amides is 1. The molecule has 1 amide bonds. The number of carbonyl (C=O) groups is 1. The van der Waals surface area contributed by atoms with Gasteiger partial charge in [-0.15, -0.1) is 11.3 Å². The molecule has 0 aromatic carbocycles. The van der Waals surface area contributed by atoms with Crippen LogP contribution in [0.15, 0.2) is 17.5 Å². The van der Waals surface area contributed by atoms with Gasteiger partial charge in [-0.1, -0.05) is 19.9 Å². The number of likely N-dealkylation sites (N-methyl/N-ethyl adjacent to an activating group) is 1. The van der Waals surface area contributed by atoms with Crippen molar-refractivity contribution < 1.29 is 9.90 Å². The zero-order valence-electron chi connectivity index (χ0n) is 12.3. The molecule has 1 heterocycles. The number of thiophene rings is 1. The summed E-state index contributed by atoms with van der Waals surface area (Å²) >= 11 is 1.49. The average Bonchev–Trinajstić information content (AvgIpc) is 2.79. The third kappa shape index (κ3) is 4.30. The molecule has 0 saturated heterocycles. The van der Waals surface area contributed by atoms with Crippen LogP contribution in [0.4, 0.5) is 0 Å². The maximum Gasteiger partial charge on any atom is 0.237 e. The standard InChI is InChI=1S/C14H24N2O2S/c1-10(2)12(16(4)5)13(17)15-9-14(3,18)11-7-6-8-19-11/h6-8,10,12,18H,9H2,1-5H3,(H,15,17). The lowest BCUT2D eigenvalue weighted by atomic mass is 10.0. The Morgan fingerprint density at radius 1 is 1.53 bits per heavy atom. The predicted molar refractivity (Wildman–Crippen MR) is 79.2 cm³/mol. The van der Waals surface area contributed by atoms with E-state index in [1.807, 2.05) is 50.4 Å². The second-order valence-electron chi connectivity index (χ2n) is 5.62. The number of aliphatic hydroxyl groups is 1. The van der Waals surface area contributed by atoms with Crippen molar-refractivity contribution in [2.45, 2.75) is 32.4 Å². The van der Waals surface area contributed by atoms with Crippen LogP contribution in [-0.4, -0.2) is 42.6 Å². The van der Waals surface area contributed by atoms with Crippen molar-refractivity contribution in [1.29, 1.82) is 0 Å². The lowest BCUT2D eigenvalue weighted by Gasteiger charge is -2.29. The molecule has 0 saturated carbocycles. The number of rotatable bonds is 6. The predicted octanol–water partition coefficient (Wildman–Crippen LogP) is 1.66. The Hall–Kier alpha value is -0.910. The molecule has 1 aromatic rings. The molecule has 1 rings (SSSR count). The van der Waals surface area contributed by atoms with Gasteiger partial charge in [0.15, 0.2) is 0 Å². The first-order valence-electron chi connectivity index (χ1n) is 6.46. The second-order valence-corrected chi connectivity index (χ2v) is 6.57. The van der Waals surface area contributed by atoms with Crippen molar-refractivity contribution in [3.63, 3.8) is 0 Å². The zero-order chi connectivity index (χ0) is 14.6. The zero-order valence-corrected chi connectivity index (χ0v) is 13.1. The normalized spacial score (nSPS) is 16.4. The van der Waals surface area contributed by atoms with Crippen molar-refractivity contribution in [2.24, 2.45) is 5.92 Å². The Morgan fingerprint density at radius 2 is 2.16 bits per heavy atom. The first kappa shape index (κ1) is 16.1. The molecule has 19 heavy (non-hydrogen) atoms. The summed E-state index contributed by atoms with van der Waals surface area (Å²) in [5.41, 5.74) is -1.02. The van der Waals surface area contributed by atoms with Crippen LogP contribution in [0.5, 0.6) is 0 Å². The molecule has 1 aromatic heterocycles. The van der Waals surface area contributed by atoms with Crippen LogP contribution < -0.4 is 5.32 Å². The van der Waals surface area contributed by atoms with Crippen LogP contribution in [0.1, 0.15) is 25.6 Å². The Morgan fingerprint density at radius 3 is 2.58 bits per heavy atom. The molecule has 0 aliphatic heterocycles. The van der Waals surface area contributed by atoms with E-state index in [0.29, 0.717) is 0 Å². The summed E-state index contributed by atoms with van der Waals surface area (Å²) in [7, 11) is 3.78. The Kier molecular flexibility index (Phi) is 5.52. The van der Waals surface area contributed by atoms with Gasteiger partial charge in [-0.3, -0.25) is 9.69 Å². The fourth-order valence-electron chi connectivity index (χ4n) is 2.17. The van der Waals surface area contributed by atoms with E-state index in [1.165, 1.54) is 11.3 Å². The first-order valence-corrected chi connectivity index (χ1v) is 7.34. The maximum atomic E-state index is 12.2. The molecule has 5 heteroatoms. The third-order valence-corrected chi connectivity index (χ3v) is 4.24. The molecule has 0 fully saturated rings. The highest BCUT2D eigenvalue weighted by molar-refractivity contribution is 7.10. The highest BCUT2D eigenvalue weighted by atomic mass is 32.1. The van der Waals surface area contributed by atoms with Gasteiger partial charge in [-0.05, 0) is 38.4 Å². The number of hydrogen-bond donors (Lipinski definition) is 2. The summed E-state index contributed by atoms with van der Waals surface area (Å²) in [6, 6.07) is 3.59. The average molecular weight is 284 g/mol. The van der Waals surface area contributed by atoms with Crippen molar-refractivity contribution in [3.8, 4) is 0 Å². The lowest BCUT2D eigenvalue weighted by molar-refractivity contribution is -0.128. The summed E-state index contributed by atoms with van der Waals surface area (Å²) in [6.45, 7) is 5.98. The van der Waals surface area contributed by atoms with E-state index < -0.39 is 5.60 Å². The highest BCUT2D eigenvalue weighted by Crippen LogP contribution is 2.24. The molecule has 2 N–H and O–H groups in total. The van der Waals surface area contributed by atoms with Gasteiger partial charge in [0.05, 0.1) is 12.6 Å². The SMILES string of the molecule is CC(C)C(C(=O)NCC(C)(O)c1cccs1)N(C)C. The summed E-state index contributed by atoms with van der Waals surface area (Å²) < 4.78 is 0. The van der Waals surface area contributed by atoms with E-state index in [1.54, 1.807) is 6.92 Å². The molecule has 0 spiro atoms. The highest BCUT2D eigenvalue weighted by Gasteiger charge is 2.29. The van der Waals surface area contributed by atoms with Crippen molar-refractivity contribution in [1.82, 2.24) is 10.2 Å². The van der Waals surface area contributed by atoms with E-state index in [4.69, 9.17) is 0 Å². The summed E-state index contributed by atoms with van der Waals surface area (Å²) in [6.07, 6.45) is 0. The number of nitrogens with one attached hydrogen (secondary N) is 1. The van der Waals surface area contributed by atoms with Gasteiger partial charge in [0.1, 0.15) is 5.60 Å². The molecular formula is C14H24N2O2S. The Labute approximate surface area is 119 Å². The molecule has 4 nitrogen and oxygen atoms in total. The van der Waals surface area contributed by atoms with Gasteiger partial charge in [-0.2, -0.15) is 0 Å². The fraction of sp³-hybridized carbons (Fsp3) is 0.643. The minimum absolute atomic E-state index is 0.0446. The molecular weight excluding hydrogens is 260 g/mol. The van der Waals surface area contributed by atoms with Crippen LogP contribution in [0, 0.1) is 5.92 Å². The molecule has 2 atom stereocenters. The Bertz CT molecular complexity index is 392. The van der Waals surface area contributed by atoms with E-state index in [0.717, 1.165) is 4.88 Å². The van der Waals surface area contributed by atoms with Crippen LogP contribution >= 0.6 is 11.3 Å². The van der Waals surface area contributed by atoms with E-state index in [2.05, 4.69) is 5.32 Å². The van der Waals surface area contributed by atoms with E-state index in [-0.39, 0.29) is 24.4 Å². The largest absolute Gasteiger partial charge is 0.383 e. The number of nitrogens with zero attached hydrogens (tertiary/aromatic N) is 1. The second kappa shape index (κ2) is 6.50. The molecule has 0 radical (unpaired) electrons. The van der Waals surface area contributed by atoms with Gasteiger partial charge in [0, 0.05) is 4.88 Å². The van der Waals surface area contributed by atoms with Gasteiger partial charge in [0.2, 0.25) is 5.91 Å². The van der Waals surface area contributed by atoms with Crippen LogP contribution in [0.25, 0.3) is 0 Å². The number of carbonyl (C=O) groups excluding carboxylic acids is 1. The van der Waals surface area contributed by atoms with E-state index >= 15 is 0 Å².